The summed E-state index contributed by atoms with van der Waals surface area (Å²) in [5.41, 5.74) is 1.63. The molecule has 102 valence electrons. The molecule has 1 aromatic rings. The lowest BCUT2D eigenvalue weighted by atomic mass is 9.97. The average Bonchev–Trinajstić information content (AvgIpc) is 2.39. The van der Waals surface area contributed by atoms with Crippen molar-refractivity contribution in [3.8, 4) is 0 Å². The van der Waals surface area contributed by atoms with Crippen molar-refractivity contribution < 1.29 is 9.59 Å². The first-order chi connectivity index (χ1) is 9.06. The van der Waals surface area contributed by atoms with Gasteiger partial charge in [-0.25, -0.2) is 0 Å². The number of aryl methyl sites for hydroxylation is 1. The quantitative estimate of drug-likeness (QED) is 0.879. The maximum Gasteiger partial charge on any atom is 0.229 e. The van der Waals surface area contributed by atoms with Gasteiger partial charge in [0.05, 0.1) is 5.92 Å². The molecule has 1 N–H and O–H groups in total. The van der Waals surface area contributed by atoms with Crippen LogP contribution in [-0.4, -0.2) is 34.8 Å². The molecule has 1 aliphatic heterocycles. The number of piperidine rings is 1. The Morgan fingerprint density at radius 3 is 2.95 bits per heavy atom. The fraction of sp³-hybridized carbons (Fsp3) is 0.500. The number of pyridine rings is 1. The molecule has 5 heteroatoms. The fourth-order valence-corrected chi connectivity index (χ4v) is 2.34. The third kappa shape index (κ3) is 3.53. The molecule has 0 bridgehead atoms. The van der Waals surface area contributed by atoms with Crippen molar-refractivity contribution in [3.05, 3.63) is 24.0 Å². The summed E-state index contributed by atoms with van der Waals surface area (Å²) in [6.45, 7) is 4.71. The van der Waals surface area contributed by atoms with Crippen LogP contribution in [0, 0.1) is 12.8 Å². The molecule has 0 radical (unpaired) electrons. The summed E-state index contributed by atoms with van der Waals surface area (Å²) in [5, 5.41) is 2.90. The second-order valence-electron chi connectivity index (χ2n) is 4.98. The lowest BCUT2D eigenvalue weighted by Gasteiger charge is -2.31. The smallest absolute Gasteiger partial charge is 0.229 e. The van der Waals surface area contributed by atoms with Crippen molar-refractivity contribution in [2.75, 3.05) is 18.4 Å². The molecule has 2 amide bonds. The van der Waals surface area contributed by atoms with Gasteiger partial charge in [-0.2, -0.15) is 0 Å². The van der Waals surface area contributed by atoms with Crippen LogP contribution in [0.3, 0.4) is 0 Å². The van der Waals surface area contributed by atoms with Crippen LogP contribution in [-0.2, 0) is 9.59 Å². The molecule has 1 atom stereocenters. The number of hydrogen-bond donors (Lipinski definition) is 1. The molecule has 2 heterocycles. The van der Waals surface area contributed by atoms with Crippen molar-refractivity contribution in [2.45, 2.75) is 26.7 Å². The number of amides is 2. The van der Waals surface area contributed by atoms with Crippen LogP contribution in [0.1, 0.15) is 25.5 Å². The highest BCUT2D eigenvalue weighted by Gasteiger charge is 2.26. The molecule has 0 spiro atoms. The van der Waals surface area contributed by atoms with Gasteiger partial charge in [-0.3, -0.25) is 14.6 Å². The van der Waals surface area contributed by atoms with Crippen molar-refractivity contribution in [1.29, 1.82) is 0 Å². The van der Waals surface area contributed by atoms with Crippen LogP contribution >= 0.6 is 0 Å². The molecule has 1 aliphatic rings. The van der Waals surface area contributed by atoms with E-state index in [0.717, 1.165) is 30.8 Å². The van der Waals surface area contributed by atoms with Crippen LogP contribution in [0.25, 0.3) is 0 Å². The Bertz CT molecular complexity index is 487. The standard InChI is InChI=1S/C14H19N3O2/c1-10-8-13(5-6-15-10)16-14(19)12-4-3-7-17(9-12)11(2)18/h5-6,8,12H,3-4,7,9H2,1-2H3,(H,15,16,19). The summed E-state index contributed by atoms with van der Waals surface area (Å²) in [7, 11) is 0. The first-order valence-electron chi connectivity index (χ1n) is 6.55. The number of nitrogens with one attached hydrogen (secondary N) is 1. The van der Waals surface area contributed by atoms with E-state index in [1.807, 2.05) is 13.0 Å². The summed E-state index contributed by atoms with van der Waals surface area (Å²) >= 11 is 0. The zero-order valence-electron chi connectivity index (χ0n) is 11.3. The van der Waals surface area contributed by atoms with Gasteiger partial charge < -0.3 is 10.2 Å². The highest BCUT2D eigenvalue weighted by atomic mass is 16.2. The summed E-state index contributed by atoms with van der Waals surface area (Å²) in [4.78, 5) is 29.4. The van der Waals surface area contributed by atoms with Gasteiger partial charge in [0.1, 0.15) is 0 Å². The van der Waals surface area contributed by atoms with Crippen LogP contribution in [0.4, 0.5) is 5.69 Å². The van der Waals surface area contributed by atoms with Gasteiger partial charge in [-0.15, -0.1) is 0 Å². The molecule has 1 aromatic heterocycles. The Hall–Kier alpha value is -1.91. The van der Waals surface area contributed by atoms with Gasteiger partial charge in [-0.05, 0) is 31.9 Å². The lowest BCUT2D eigenvalue weighted by Crippen LogP contribution is -2.42. The van der Waals surface area contributed by atoms with Crippen LogP contribution in [0.2, 0.25) is 0 Å². The molecule has 2 rings (SSSR count). The summed E-state index contributed by atoms with van der Waals surface area (Å²) in [5.74, 6) is -0.0973. The molecular weight excluding hydrogens is 242 g/mol. The van der Waals surface area contributed by atoms with E-state index in [1.54, 1.807) is 24.1 Å². The van der Waals surface area contributed by atoms with E-state index in [-0.39, 0.29) is 17.7 Å². The molecule has 5 nitrogen and oxygen atoms in total. The molecule has 0 saturated carbocycles. The monoisotopic (exact) mass is 261 g/mol. The van der Waals surface area contributed by atoms with Crippen molar-refractivity contribution in [1.82, 2.24) is 9.88 Å². The normalized spacial score (nSPS) is 19.1. The molecule has 19 heavy (non-hydrogen) atoms. The van der Waals surface area contributed by atoms with E-state index in [0.29, 0.717) is 6.54 Å². The minimum absolute atomic E-state index is 0.0171. The number of anilines is 1. The van der Waals surface area contributed by atoms with Crippen molar-refractivity contribution in [3.63, 3.8) is 0 Å². The van der Waals surface area contributed by atoms with E-state index in [4.69, 9.17) is 0 Å². The summed E-state index contributed by atoms with van der Waals surface area (Å²) in [6.07, 6.45) is 3.39. The Labute approximate surface area is 113 Å². The third-order valence-corrected chi connectivity index (χ3v) is 3.40. The SMILES string of the molecule is CC(=O)N1CCCC(C(=O)Nc2ccnc(C)c2)C1. The van der Waals surface area contributed by atoms with E-state index >= 15 is 0 Å². The summed E-state index contributed by atoms with van der Waals surface area (Å²) < 4.78 is 0. The number of likely N-dealkylation sites (tertiary alicyclic amines) is 1. The highest BCUT2D eigenvalue weighted by Crippen LogP contribution is 2.19. The molecular formula is C14H19N3O2. The third-order valence-electron chi connectivity index (χ3n) is 3.40. The van der Waals surface area contributed by atoms with Crippen LogP contribution in [0.5, 0.6) is 0 Å². The molecule has 1 fully saturated rings. The Kier molecular flexibility index (Phi) is 4.14. The maximum absolute atomic E-state index is 12.2. The predicted molar refractivity (Wildman–Crippen MR) is 72.6 cm³/mol. The zero-order valence-corrected chi connectivity index (χ0v) is 11.3. The lowest BCUT2D eigenvalue weighted by molar-refractivity contribution is -0.132. The maximum atomic E-state index is 12.2. The topological polar surface area (TPSA) is 62.3 Å². The Morgan fingerprint density at radius 2 is 2.26 bits per heavy atom. The number of rotatable bonds is 2. The second-order valence-corrected chi connectivity index (χ2v) is 4.98. The van der Waals surface area contributed by atoms with E-state index in [1.165, 1.54) is 0 Å². The number of nitrogens with zero attached hydrogens (tertiary/aromatic N) is 2. The fourth-order valence-electron chi connectivity index (χ4n) is 2.34. The number of carbonyl (C=O) groups excluding carboxylic acids is 2. The number of hydrogen-bond acceptors (Lipinski definition) is 3. The largest absolute Gasteiger partial charge is 0.342 e. The van der Waals surface area contributed by atoms with Gasteiger partial charge in [0, 0.05) is 37.6 Å². The minimum Gasteiger partial charge on any atom is -0.342 e. The van der Waals surface area contributed by atoms with E-state index in [9.17, 15) is 9.59 Å². The average molecular weight is 261 g/mol. The molecule has 0 aliphatic carbocycles. The Balaban J connectivity index is 1.98. The highest BCUT2D eigenvalue weighted by molar-refractivity contribution is 5.93. The predicted octanol–water partition coefficient (Wildman–Crippen LogP) is 1.59. The first kappa shape index (κ1) is 13.5. The molecule has 1 unspecified atom stereocenters. The first-order valence-corrected chi connectivity index (χ1v) is 6.55. The van der Waals surface area contributed by atoms with Crippen LogP contribution in [0.15, 0.2) is 18.3 Å². The van der Waals surface area contributed by atoms with Gasteiger partial charge in [-0.1, -0.05) is 0 Å². The van der Waals surface area contributed by atoms with Crippen molar-refractivity contribution in [2.24, 2.45) is 5.92 Å². The molecule has 1 saturated heterocycles. The summed E-state index contributed by atoms with van der Waals surface area (Å²) in [6, 6.07) is 3.61. The number of carbonyl (C=O) groups is 2. The van der Waals surface area contributed by atoms with Gasteiger partial charge in [0.15, 0.2) is 0 Å². The minimum atomic E-state index is -0.119. The van der Waals surface area contributed by atoms with Crippen molar-refractivity contribution >= 4 is 17.5 Å². The van der Waals surface area contributed by atoms with E-state index in [2.05, 4.69) is 10.3 Å². The second kappa shape index (κ2) is 5.82. The zero-order chi connectivity index (χ0) is 13.8. The van der Waals surface area contributed by atoms with E-state index < -0.39 is 0 Å². The number of aromatic nitrogens is 1. The van der Waals surface area contributed by atoms with Crippen LogP contribution < -0.4 is 5.32 Å². The van der Waals surface area contributed by atoms with Gasteiger partial charge in [0.25, 0.3) is 0 Å². The molecule has 0 aromatic carbocycles. The van der Waals surface area contributed by atoms with Gasteiger partial charge >= 0.3 is 0 Å². The Morgan fingerprint density at radius 1 is 1.47 bits per heavy atom. The van der Waals surface area contributed by atoms with Gasteiger partial charge in [0.2, 0.25) is 11.8 Å².